The number of rotatable bonds is 7. The van der Waals surface area contributed by atoms with Gasteiger partial charge in [0.1, 0.15) is 10.7 Å². The van der Waals surface area contributed by atoms with Crippen molar-refractivity contribution in [2.75, 3.05) is 14.9 Å². The summed E-state index contributed by atoms with van der Waals surface area (Å²) in [6.07, 6.45) is 2.08. The van der Waals surface area contributed by atoms with Crippen molar-refractivity contribution in [2.45, 2.75) is 25.2 Å². The van der Waals surface area contributed by atoms with Gasteiger partial charge in [-0.1, -0.05) is 36.7 Å². The third-order valence-corrected chi connectivity index (χ3v) is 6.79. The fourth-order valence-corrected chi connectivity index (χ4v) is 4.56. The summed E-state index contributed by atoms with van der Waals surface area (Å²) in [4.78, 5) is 34.7. The van der Waals surface area contributed by atoms with Gasteiger partial charge in [-0.25, -0.2) is 28.0 Å². The molecule has 0 unspecified atom stereocenters. The molecule has 2 N–H and O–H groups in total. The van der Waals surface area contributed by atoms with Crippen LogP contribution in [0.1, 0.15) is 18.2 Å². The van der Waals surface area contributed by atoms with Gasteiger partial charge in [0.25, 0.3) is 21.8 Å². The number of para-hydroxylation sites is 1. The largest absolute Gasteiger partial charge is 0.350 e. The lowest BCUT2D eigenvalue weighted by Gasteiger charge is -2.18. The molecule has 1 aliphatic rings. The van der Waals surface area contributed by atoms with Crippen molar-refractivity contribution in [1.29, 1.82) is 0 Å². The molecule has 0 saturated carbocycles. The number of nitrogens with one attached hydrogen (secondary N) is 2. The van der Waals surface area contributed by atoms with Crippen LogP contribution in [0.5, 0.6) is 0 Å². The molecule has 0 saturated heterocycles. The molecule has 1 aliphatic heterocycles. The number of nitrogens with zero attached hydrogens (tertiary/aromatic N) is 3. The van der Waals surface area contributed by atoms with Crippen LogP contribution in [0, 0.1) is 6.92 Å². The third kappa shape index (κ3) is 4.50. The Labute approximate surface area is 201 Å². The molecule has 4 rings (SSSR count). The zero-order valence-corrected chi connectivity index (χ0v) is 19.8. The predicted octanol–water partition coefficient (Wildman–Crippen LogP) is 3.58. The van der Waals surface area contributed by atoms with Crippen LogP contribution in [0.3, 0.4) is 0 Å². The Kier molecular flexibility index (Phi) is 6.36. The molecule has 3 aromatic rings. The second kappa shape index (κ2) is 9.24. The smallest absolute Gasteiger partial charge is 0.283 e. The Bertz CT molecular complexity index is 1420. The molecule has 0 fully saturated rings. The second-order valence-corrected chi connectivity index (χ2v) is 9.45. The Morgan fingerprint density at radius 1 is 1.00 bits per heavy atom. The van der Waals surface area contributed by atoms with Crippen LogP contribution in [0.2, 0.25) is 0 Å². The van der Waals surface area contributed by atoms with Crippen molar-refractivity contribution in [2.24, 2.45) is 0 Å². The lowest BCUT2D eigenvalue weighted by molar-refractivity contribution is -0.120. The first-order valence-electron chi connectivity index (χ1n) is 10.3. The number of amides is 2. The van der Waals surface area contributed by atoms with E-state index < -0.39 is 21.8 Å². The van der Waals surface area contributed by atoms with E-state index in [2.05, 4.69) is 20.0 Å². The van der Waals surface area contributed by atoms with Crippen molar-refractivity contribution in [3.8, 4) is 0 Å². The van der Waals surface area contributed by atoms with Crippen molar-refractivity contribution < 1.29 is 18.0 Å². The number of carbonyl (C=O) groups is 2. The second-order valence-electron chi connectivity index (χ2n) is 7.39. The highest BCUT2D eigenvalue weighted by Crippen LogP contribution is 2.32. The Morgan fingerprint density at radius 3 is 2.38 bits per heavy atom. The molecular formula is C23H20ClN5O4S. The van der Waals surface area contributed by atoms with Gasteiger partial charge >= 0.3 is 0 Å². The van der Waals surface area contributed by atoms with Gasteiger partial charge in [0.2, 0.25) is 5.95 Å². The zero-order valence-electron chi connectivity index (χ0n) is 18.2. The topological polar surface area (TPSA) is 121 Å². The molecule has 2 heterocycles. The van der Waals surface area contributed by atoms with E-state index in [4.69, 9.17) is 11.6 Å². The summed E-state index contributed by atoms with van der Waals surface area (Å²) in [6.45, 7) is 3.64. The molecule has 2 amide bonds. The van der Waals surface area contributed by atoms with Crippen LogP contribution in [-0.2, 0) is 26.0 Å². The van der Waals surface area contributed by atoms with E-state index in [1.807, 2.05) is 19.1 Å². The minimum absolute atomic E-state index is 0.0319. The van der Waals surface area contributed by atoms with Gasteiger partial charge in [-0.2, -0.15) is 0 Å². The highest BCUT2D eigenvalue weighted by Gasteiger charge is 2.39. The quantitative estimate of drug-likeness (QED) is 0.478. The summed E-state index contributed by atoms with van der Waals surface area (Å²) in [5.41, 5.74) is 2.21. The van der Waals surface area contributed by atoms with Gasteiger partial charge in [0.05, 0.1) is 10.6 Å². The molecule has 2 aromatic carbocycles. The van der Waals surface area contributed by atoms with E-state index in [9.17, 15) is 18.0 Å². The fraction of sp³-hybridized carbons (Fsp3) is 0.130. The Balaban J connectivity index is 1.54. The number of carbonyl (C=O) groups excluding carboxylic acids is 2. The van der Waals surface area contributed by atoms with Crippen molar-refractivity contribution in [3.63, 3.8) is 0 Å². The highest BCUT2D eigenvalue weighted by atomic mass is 35.5. The van der Waals surface area contributed by atoms with E-state index in [0.29, 0.717) is 23.5 Å². The molecule has 9 nitrogen and oxygen atoms in total. The van der Waals surface area contributed by atoms with Crippen LogP contribution in [0.25, 0.3) is 0 Å². The van der Waals surface area contributed by atoms with Crippen molar-refractivity contribution in [3.05, 3.63) is 82.8 Å². The number of halogens is 1. The van der Waals surface area contributed by atoms with Crippen LogP contribution in [0.15, 0.2) is 76.4 Å². The van der Waals surface area contributed by atoms with Crippen LogP contribution in [0.4, 0.5) is 17.3 Å². The van der Waals surface area contributed by atoms with Gasteiger partial charge in [0, 0.05) is 17.6 Å². The van der Waals surface area contributed by atoms with Gasteiger partial charge in [-0.05, 0) is 55.3 Å². The number of aromatic nitrogens is 2. The number of imide groups is 1. The summed E-state index contributed by atoms with van der Waals surface area (Å²) in [5.74, 6) is -1.26. The maximum absolute atomic E-state index is 13.0. The van der Waals surface area contributed by atoms with E-state index in [0.717, 1.165) is 10.5 Å². The lowest BCUT2D eigenvalue weighted by Crippen LogP contribution is -2.33. The van der Waals surface area contributed by atoms with Gasteiger partial charge in [-0.3, -0.25) is 9.59 Å². The molecule has 0 atom stereocenters. The van der Waals surface area contributed by atoms with Gasteiger partial charge < -0.3 is 5.32 Å². The van der Waals surface area contributed by atoms with Crippen molar-refractivity contribution >= 4 is 50.8 Å². The monoisotopic (exact) mass is 497 g/mol. The average molecular weight is 498 g/mol. The normalized spacial score (nSPS) is 14.0. The van der Waals surface area contributed by atoms with Crippen LogP contribution in [-0.4, -0.2) is 30.2 Å². The summed E-state index contributed by atoms with van der Waals surface area (Å²) < 4.78 is 27.6. The molecule has 34 heavy (non-hydrogen) atoms. The van der Waals surface area contributed by atoms with Crippen molar-refractivity contribution in [1.82, 2.24) is 9.97 Å². The SMILES string of the molecule is CCc1ccccc1N1C(=O)C(Cl)=C(Nc2ccc(S(=O)(=O)Nc3nccc(C)n3)cc2)C1=O. The third-order valence-electron chi connectivity index (χ3n) is 5.10. The summed E-state index contributed by atoms with van der Waals surface area (Å²) in [7, 11) is -3.93. The predicted molar refractivity (Wildman–Crippen MR) is 129 cm³/mol. The highest BCUT2D eigenvalue weighted by molar-refractivity contribution is 7.92. The van der Waals surface area contributed by atoms with E-state index >= 15 is 0 Å². The Hall–Kier alpha value is -3.76. The minimum Gasteiger partial charge on any atom is -0.350 e. The first kappa shape index (κ1) is 23.4. The fourth-order valence-electron chi connectivity index (χ4n) is 3.40. The first-order valence-corrected chi connectivity index (χ1v) is 12.1. The number of anilines is 3. The number of hydrogen-bond acceptors (Lipinski definition) is 7. The summed E-state index contributed by atoms with van der Waals surface area (Å²) in [6, 6.07) is 14.4. The maximum atomic E-state index is 13.0. The van der Waals surface area contributed by atoms with Crippen LogP contribution < -0.4 is 14.9 Å². The van der Waals surface area contributed by atoms with Crippen LogP contribution >= 0.6 is 11.6 Å². The van der Waals surface area contributed by atoms with Gasteiger partial charge in [0.15, 0.2) is 0 Å². The summed E-state index contributed by atoms with van der Waals surface area (Å²) >= 11 is 6.21. The number of aryl methyl sites for hydroxylation is 2. The minimum atomic E-state index is -3.93. The molecule has 0 aliphatic carbocycles. The first-order chi connectivity index (χ1) is 16.2. The summed E-state index contributed by atoms with van der Waals surface area (Å²) in [5, 5.41) is 2.60. The maximum Gasteiger partial charge on any atom is 0.283 e. The zero-order chi connectivity index (χ0) is 24.5. The molecule has 0 bridgehead atoms. The molecule has 11 heteroatoms. The van der Waals surface area contributed by atoms with E-state index in [1.165, 1.54) is 30.5 Å². The molecular weight excluding hydrogens is 478 g/mol. The average Bonchev–Trinajstić information content (AvgIpc) is 3.02. The van der Waals surface area contributed by atoms with Gasteiger partial charge in [-0.15, -0.1) is 0 Å². The van der Waals surface area contributed by atoms with E-state index in [-0.39, 0.29) is 21.6 Å². The van der Waals surface area contributed by atoms with E-state index in [1.54, 1.807) is 25.1 Å². The molecule has 1 aromatic heterocycles. The molecule has 0 radical (unpaired) electrons. The number of hydrogen-bond donors (Lipinski definition) is 2. The number of sulfonamides is 1. The molecule has 174 valence electrons. The Morgan fingerprint density at radius 2 is 1.71 bits per heavy atom. The standard InChI is InChI=1S/C23H20ClN5O4S/c1-3-15-6-4-5-7-18(15)29-21(30)19(24)20(22(29)31)27-16-8-10-17(11-9-16)34(32,33)28-23-25-13-12-14(2)26-23/h4-13,27H,3H2,1-2H3,(H,25,26,28). The lowest BCUT2D eigenvalue weighted by atomic mass is 10.1. The molecule has 0 spiro atoms. The number of benzene rings is 2.